The molecular formula is C23H19F3N4O3. The van der Waals surface area contributed by atoms with Crippen molar-refractivity contribution in [2.75, 3.05) is 0 Å². The Morgan fingerprint density at radius 2 is 1.82 bits per heavy atom. The van der Waals surface area contributed by atoms with Gasteiger partial charge >= 0.3 is 6.36 Å². The van der Waals surface area contributed by atoms with E-state index in [1.54, 1.807) is 22.9 Å². The second-order valence-corrected chi connectivity index (χ2v) is 7.22. The van der Waals surface area contributed by atoms with Gasteiger partial charge < -0.3 is 19.1 Å². The molecule has 7 nitrogen and oxygen atoms in total. The van der Waals surface area contributed by atoms with E-state index in [9.17, 15) is 18.0 Å². The highest BCUT2D eigenvalue weighted by atomic mass is 19.4. The van der Waals surface area contributed by atoms with E-state index in [-0.39, 0.29) is 36.0 Å². The zero-order valence-electron chi connectivity index (χ0n) is 17.4. The van der Waals surface area contributed by atoms with E-state index in [0.717, 1.165) is 5.56 Å². The zero-order chi connectivity index (χ0) is 23.4. The standard InChI is InChI=1S/C23H19F3N4O3/c1-15(16-6-3-2-4-7-16)27-20(31)14-30-13-5-8-19(30)22-28-21(29-33-22)17-9-11-18(12-10-17)32-23(24,25)26/h2-13,15H,14H2,1H3,(H,27,31). The number of carbonyl (C=O) groups is 1. The zero-order valence-corrected chi connectivity index (χ0v) is 17.4. The molecule has 2 aromatic carbocycles. The number of benzene rings is 2. The van der Waals surface area contributed by atoms with Crippen LogP contribution in [0.2, 0.25) is 0 Å². The number of amides is 1. The SMILES string of the molecule is CC(NC(=O)Cn1cccc1-c1nc(-c2ccc(OC(F)(F)F)cc2)no1)c1ccccc1. The number of hydrogen-bond acceptors (Lipinski definition) is 5. The van der Waals surface area contributed by atoms with Gasteiger partial charge in [-0.15, -0.1) is 13.2 Å². The minimum absolute atomic E-state index is 0.0424. The second-order valence-electron chi connectivity index (χ2n) is 7.22. The monoisotopic (exact) mass is 456 g/mol. The lowest BCUT2D eigenvalue weighted by Gasteiger charge is -2.15. The van der Waals surface area contributed by atoms with Gasteiger partial charge in [-0.25, -0.2) is 0 Å². The summed E-state index contributed by atoms with van der Waals surface area (Å²) in [6.07, 6.45) is -3.05. The van der Waals surface area contributed by atoms with Gasteiger partial charge in [0.1, 0.15) is 18.0 Å². The lowest BCUT2D eigenvalue weighted by atomic mass is 10.1. The van der Waals surface area contributed by atoms with Crippen molar-refractivity contribution >= 4 is 5.91 Å². The Morgan fingerprint density at radius 3 is 2.52 bits per heavy atom. The van der Waals surface area contributed by atoms with Crippen LogP contribution in [0.4, 0.5) is 13.2 Å². The molecule has 0 bridgehead atoms. The molecule has 0 radical (unpaired) electrons. The van der Waals surface area contributed by atoms with Gasteiger partial charge in [0.15, 0.2) is 0 Å². The van der Waals surface area contributed by atoms with Gasteiger partial charge in [0.2, 0.25) is 11.7 Å². The first kappa shape index (κ1) is 22.1. The van der Waals surface area contributed by atoms with E-state index in [2.05, 4.69) is 20.2 Å². The summed E-state index contributed by atoms with van der Waals surface area (Å²) in [7, 11) is 0. The van der Waals surface area contributed by atoms with Crippen LogP contribution in [-0.4, -0.2) is 27.0 Å². The Balaban J connectivity index is 1.44. The van der Waals surface area contributed by atoms with Gasteiger partial charge in [0, 0.05) is 11.8 Å². The van der Waals surface area contributed by atoms with Gasteiger partial charge in [-0.05, 0) is 48.9 Å². The van der Waals surface area contributed by atoms with Gasteiger partial charge in [-0.1, -0.05) is 35.5 Å². The molecule has 4 rings (SSSR count). The van der Waals surface area contributed by atoms with Crippen molar-refractivity contribution in [3.63, 3.8) is 0 Å². The van der Waals surface area contributed by atoms with Crippen molar-refractivity contribution in [3.05, 3.63) is 78.5 Å². The molecule has 0 spiro atoms. The van der Waals surface area contributed by atoms with E-state index in [1.807, 2.05) is 37.3 Å². The molecule has 2 aromatic heterocycles. The molecule has 1 N–H and O–H groups in total. The maximum atomic E-state index is 12.5. The quantitative estimate of drug-likeness (QED) is 0.424. The van der Waals surface area contributed by atoms with E-state index in [4.69, 9.17) is 4.52 Å². The summed E-state index contributed by atoms with van der Waals surface area (Å²) in [5.74, 6) is -0.170. The highest BCUT2D eigenvalue weighted by Crippen LogP contribution is 2.27. The minimum atomic E-state index is -4.77. The van der Waals surface area contributed by atoms with E-state index >= 15 is 0 Å². The van der Waals surface area contributed by atoms with Crippen molar-refractivity contribution in [1.82, 2.24) is 20.0 Å². The Bertz CT molecular complexity index is 1220. The first-order valence-corrected chi connectivity index (χ1v) is 9.98. The fraction of sp³-hybridized carbons (Fsp3) is 0.174. The number of alkyl halides is 3. The first-order valence-electron chi connectivity index (χ1n) is 9.98. The smallest absolute Gasteiger partial charge is 0.406 e. The molecular weight excluding hydrogens is 437 g/mol. The van der Waals surface area contributed by atoms with Crippen molar-refractivity contribution in [2.24, 2.45) is 0 Å². The van der Waals surface area contributed by atoms with Crippen LogP contribution in [0.1, 0.15) is 18.5 Å². The van der Waals surface area contributed by atoms with Crippen molar-refractivity contribution in [3.8, 4) is 28.7 Å². The van der Waals surface area contributed by atoms with Gasteiger partial charge in [0.25, 0.3) is 5.89 Å². The number of nitrogens with one attached hydrogen (secondary N) is 1. The van der Waals surface area contributed by atoms with Crippen molar-refractivity contribution < 1.29 is 27.2 Å². The van der Waals surface area contributed by atoms with E-state index in [0.29, 0.717) is 11.3 Å². The molecule has 1 amide bonds. The Kier molecular flexibility index (Phi) is 6.16. The molecule has 10 heteroatoms. The Hall–Kier alpha value is -4.08. The molecule has 0 saturated heterocycles. The molecule has 0 saturated carbocycles. The fourth-order valence-corrected chi connectivity index (χ4v) is 3.26. The maximum Gasteiger partial charge on any atom is 0.573 e. The van der Waals surface area contributed by atoms with Crippen LogP contribution in [0, 0.1) is 0 Å². The number of nitrogens with zero attached hydrogens (tertiary/aromatic N) is 3. The van der Waals surface area contributed by atoms with E-state index in [1.165, 1.54) is 24.3 Å². The molecule has 4 aromatic rings. The molecule has 0 aliphatic rings. The summed E-state index contributed by atoms with van der Waals surface area (Å²) in [5.41, 5.74) is 1.98. The average molecular weight is 456 g/mol. The predicted molar refractivity (Wildman–Crippen MR) is 113 cm³/mol. The number of hydrogen-bond donors (Lipinski definition) is 1. The lowest BCUT2D eigenvalue weighted by Crippen LogP contribution is -2.30. The van der Waals surface area contributed by atoms with Gasteiger partial charge in [-0.2, -0.15) is 4.98 Å². The molecule has 0 fully saturated rings. The molecule has 170 valence electrons. The third-order valence-corrected chi connectivity index (χ3v) is 4.81. The summed E-state index contributed by atoms with van der Waals surface area (Å²) >= 11 is 0. The Labute approximate surface area is 186 Å². The van der Waals surface area contributed by atoms with Gasteiger partial charge in [-0.3, -0.25) is 4.79 Å². The molecule has 0 aliphatic carbocycles. The van der Waals surface area contributed by atoms with Crippen LogP contribution in [0.5, 0.6) is 5.75 Å². The summed E-state index contributed by atoms with van der Waals surface area (Å²) in [4.78, 5) is 16.9. The van der Waals surface area contributed by atoms with Crippen LogP contribution in [0.3, 0.4) is 0 Å². The van der Waals surface area contributed by atoms with Crippen LogP contribution in [-0.2, 0) is 11.3 Å². The second kappa shape index (κ2) is 9.19. The van der Waals surface area contributed by atoms with E-state index < -0.39 is 6.36 Å². The normalized spacial score (nSPS) is 12.4. The third kappa shape index (κ3) is 5.59. The van der Waals surface area contributed by atoms with Crippen LogP contribution in [0.15, 0.2) is 77.4 Å². The molecule has 1 unspecified atom stereocenters. The topological polar surface area (TPSA) is 82.2 Å². The van der Waals surface area contributed by atoms with Crippen molar-refractivity contribution in [1.29, 1.82) is 0 Å². The van der Waals surface area contributed by atoms with Crippen molar-refractivity contribution in [2.45, 2.75) is 25.9 Å². The highest BCUT2D eigenvalue weighted by Gasteiger charge is 2.31. The fourth-order valence-electron chi connectivity index (χ4n) is 3.26. The lowest BCUT2D eigenvalue weighted by molar-refractivity contribution is -0.274. The highest BCUT2D eigenvalue weighted by molar-refractivity contribution is 5.77. The first-order chi connectivity index (χ1) is 15.8. The average Bonchev–Trinajstić information content (AvgIpc) is 3.43. The number of aromatic nitrogens is 3. The largest absolute Gasteiger partial charge is 0.573 e. The maximum absolute atomic E-state index is 12.5. The molecule has 0 aliphatic heterocycles. The van der Waals surface area contributed by atoms with Gasteiger partial charge in [0.05, 0.1) is 6.04 Å². The number of halogens is 3. The molecule has 1 atom stereocenters. The molecule has 2 heterocycles. The van der Waals surface area contributed by atoms with Crippen LogP contribution in [0.25, 0.3) is 23.0 Å². The van der Waals surface area contributed by atoms with Crippen LogP contribution < -0.4 is 10.1 Å². The number of carbonyl (C=O) groups excluding carboxylic acids is 1. The molecule has 33 heavy (non-hydrogen) atoms. The summed E-state index contributed by atoms with van der Waals surface area (Å²) < 4.78 is 47.8. The Morgan fingerprint density at radius 1 is 1.09 bits per heavy atom. The summed E-state index contributed by atoms with van der Waals surface area (Å²) in [6, 6.07) is 18.0. The predicted octanol–water partition coefficient (Wildman–Crippen LogP) is 4.98. The van der Waals surface area contributed by atoms with Crippen LogP contribution >= 0.6 is 0 Å². The summed E-state index contributed by atoms with van der Waals surface area (Å²) in [6.45, 7) is 1.94. The number of rotatable bonds is 7. The minimum Gasteiger partial charge on any atom is -0.406 e. The summed E-state index contributed by atoms with van der Waals surface area (Å²) in [5, 5.41) is 6.84. The third-order valence-electron chi connectivity index (χ3n) is 4.81. The number of ether oxygens (including phenoxy) is 1.